The van der Waals surface area contributed by atoms with Gasteiger partial charge in [-0.15, -0.1) is 0 Å². The highest BCUT2D eigenvalue weighted by atomic mass is 32.2. The third-order valence-corrected chi connectivity index (χ3v) is 8.40. The molecule has 0 spiro atoms. The zero-order valence-electron chi connectivity index (χ0n) is 19.9. The van der Waals surface area contributed by atoms with Crippen molar-refractivity contribution >= 4 is 27.4 Å². The molecule has 38 heavy (non-hydrogen) atoms. The van der Waals surface area contributed by atoms with Crippen molar-refractivity contribution in [3.63, 3.8) is 0 Å². The predicted molar refractivity (Wildman–Crippen MR) is 128 cm³/mol. The molecule has 2 aromatic carbocycles. The van der Waals surface area contributed by atoms with Gasteiger partial charge in [-0.05, 0) is 78.7 Å². The van der Waals surface area contributed by atoms with E-state index in [4.69, 9.17) is 10.5 Å². The van der Waals surface area contributed by atoms with Gasteiger partial charge in [-0.1, -0.05) is 0 Å². The molecule has 0 bridgehead atoms. The molecule has 2 aliphatic rings. The van der Waals surface area contributed by atoms with E-state index in [1.165, 1.54) is 30.5 Å². The maximum Gasteiger partial charge on any atom is 0.419 e. The number of alkyl halides is 3. The van der Waals surface area contributed by atoms with Crippen LogP contribution in [0.4, 0.5) is 27.6 Å². The number of esters is 1. The summed E-state index contributed by atoms with van der Waals surface area (Å²) in [6, 6.07) is 6.72. The minimum Gasteiger partial charge on any atom is -0.468 e. The molecule has 1 atom stereocenters. The number of sulfonamides is 1. The van der Waals surface area contributed by atoms with Gasteiger partial charge in [-0.25, -0.2) is 22.2 Å². The highest BCUT2D eigenvalue weighted by Crippen LogP contribution is 2.46. The molecule has 1 heterocycles. The van der Waals surface area contributed by atoms with Crippen molar-refractivity contribution in [1.29, 1.82) is 0 Å². The summed E-state index contributed by atoms with van der Waals surface area (Å²) in [5.74, 6) is -2.93. The number of carbonyl (C=O) groups is 1. The zero-order valence-corrected chi connectivity index (χ0v) is 20.7. The molecule has 7 nitrogen and oxygen atoms in total. The Morgan fingerprint density at radius 2 is 1.84 bits per heavy atom. The molecule has 1 fully saturated rings. The topological polar surface area (TPSA) is 102 Å². The molecule has 0 radical (unpaired) electrons. The summed E-state index contributed by atoms with van der Waals surface area (Å²) in [5.41, 5.74) is 4.45. The van der Waals surface area contributed by atoms with Crippen molar-refractivity contribution in [2.45, 2.75) is 23.9 Å². The van der Waals surface area contributed by atoms with Crippen molar-refractivity contribution < 1.29 is 39.9 Å². The smallest absolute Gasteiger partial charge is 0.419 e. The van der Waals surface area contributed by atoms with Crippen LogP contribution >= 0.6 is 0 Å². The summed E-state index contributed by atoms with van der Waals surface area (Å²) in [7, 11) is -3.35. The molecule has 0 unspecified atom stereocenters. The Bertz CT molecular complexity index is 1470. The van der Waals surface area contributed by atoms with Crippen molar-refractivity contribution in [2.75, 3.05) is 20.2 Å². The molecule has 4 rings (SSSR count). The van der Waals surface area contributed by atoms with Crippen LogP contribution in [0.25, 0.3) is 0 Å². The van der Waals surface area contributed by atoms with Crippen LogP contribution in [0, 0.1) is 17.0 Å². The number of hydrogen-bond donors (Lipinski definition) is 1. The summed E-state index contributed by atoms with van der Waals surface area (Å²) in [6.45, 7) is -0.557. The van der Waals surface area contributed by atoms with E-state index in [-0.39, 0.29) is 19.4 Å². The SMILES string of the molecule is COC(=O)[C@]12C/C(=C/N)C(=Nc3ccc(F)cc3)C=C1CCN(S(=O)(=O)c1ccc(C(F)(F)F)c(F)c1)C2. The number of rotatable bonds is 4. The van der Waals surface area contributed by atoms with Gasteiger partial charge >= 0.3 is 12.1 Å². The average Bonchev–Trinajstić information content (AvgIpc) is 2.87. The number of halogens is 5. The predicted octanol–water partition coefficient (Wildman–Crippen LogP) is 4.48. The number of carbonyl (C=O) groups excluding carboxylic acids is 1. The van der Waals surface area contributed by atoms with E-state index in [1.54, 1.807) is 6.08 Å². The number of hydrogen-bond acceptors (Lipinski definition) is 6. The van der Waals surface area contributed by atoms with E-state index < -0.39 is 56.2 Å². The Kier molecular flexibility index (Phi) is 7.19. The van der Waals surface area contributed by atoms with Gasteiger partial charge in [0.15, 0.2) is 0 Å². The largest absolute Gasteiger partial charge is 0.468 e. The number of nitrogens with zero attached hydrogens (tertiary/aromatic N) is 2. The Morgan fingerprint density at radius 3 is 2.42 bits per heavy atom. The molecule has 1 aliphatic carbocycles. The maximum absolute atomic E-state index is 14.2. The Hall–Kier alpha value is -3.58. The fourth-order valence-electron chi connectivity index (χ4n) is 4.63. The standard InChI is InChI=1S/C25H22F5N3O4S/c1-37-23(34)24-12-15(13-31)22(32-18-4-2-17(26)3-5-18)10-16(24)8-9-33(14-24)38(35,36)19-6-7-20(21(27)11-19)25(28,29)30/h2-7,10-11,13H,8-9,12,14,31H2,1H3/b15-13-,32-22?/t24-/m0/s1. The Balaban J connectivity index is 1.74. The molecule has 13 heteroatoms. The first-order valence-electron chi connectivity index (χ1n) is 11.2. The second kappa shape index (κ2) is 9.95. The van der Waals surface area contributed by atoms with Crippen molar-refractivity contribution in [3.8, 4) is 0 Å². The fourth-order valence-corrected chi connectivity index (χ4v) is 6.14. The van der Waals surface area contributed by atoms with E-state index >= 15 is 0 Å². The van der Waals surface area contributed by atoms with E-state index in [0.717, 1.165) is 11.4 Å². The van der Waals surface area contributed by atoms with E-state index in [2.05, 4.69) is 4.99 Å². The molecular formula is C25H22F5N3O4S. The van der Waals surface area contributed by atoms with E-state index in [1.807, 2.05) is 0 Å². The van der Waals surface area contributed by atoms with Gasteiger partial charge in [0.2, 0.25) is 10.0 Å². The molecule has 0 saturated carbocycles. The van der Waals surface area contributed by atoms with Crippen LogP contribution in [0.1, 0.15) is 18.4 Å². The lowest BCUT2D eigenvalue weighted by molar-refractivity contribution is -0.151. The highest BCUT2D eigenvalue weighted by Gasteiger charge is 2.52. The van der Waals surface area contributed by atoms with E-state index in [9.17, 15) is 35.2 Å². The van der Waals surface area contributed by atoms with Crippen LogP contribution in [-0.4, -0.2) is 44.6 Å². The van der Waals surface area contributed by atoms with Crippen LogP contribution < -0.4 is 5.73 Å². The minimum absolute atomic E-state index is 0.0533. The van der Waals surface area contributed by atoms with Gasteiger partial charge in [0.25, 0.3) is 0 Å². The first kappa shape index (κ1) is 27.5. The summed E-state index contributed by atoms with van der Waals surface area (Å²) >= 11 is 0. The summed E-state index contributed by atoms with van der Waals surface area (Å²) < 4.78 is 98.9. The molecular weight excluding hydrogens is 533 g/mol. The fraction of sp³-hybridized carbons (Fsp3) is 0.280. The number of nitrogens with two attached hydrogens (primary N) is 1. The summed E-state index contributed by atoms with van der Waals surface area (Å²) in [6.07, 6.45) is -2.21. The number of aliphatic imine (C=N–C) groups is 1. The van der Waals surface area contributed by atoms with Crippen LogP contribution in [-0.2, 0) is 25.7 Å². The lowest BCUT2D eigenvalue weighted by Crippen LogP contribution is -2.53. The van der Waals surface area contributed by atoms with Crippen molar-refractivity contribution in [2.24, 2.45) is 16.1 Å². The van der Waals surface area contributed by atoms with Gasteiger partial charge in [0, 0.05) is 13.1 Å². The second-order valence-electron chi connectivity index (χ2n) is 8.81. The first-order valence-corrected chi connectivity index (χ1v) is 12.7. The Labute approximate surface area is 215 Å². The van der Waals surface area contributed by atoms with Gasteiger partial charge in [-0.3, -0.25) is 4.79 Å². The lowest BCUT2D eigenvalue weighted by Gasteiger charge is -2.44. The highest BCUT2D eigenvalue weighted by molar-refractivity contribution is 7.89. The quantitative estimate of drug-likeness (QED) is 0.443. The molecule has 2 N–H and O–H groups in total. The second-order valence-corrected chi connectivity index (χ2v) is 10.8. The average molecular weight is 556 g/mol. The van der Waals surface area contributed by atoms with Gasteiger partial charge < -0.3 is 10.5 Å². The Morgan fingerprint density at radius 1 is 1.16 bits per heavy atom. The number of benzene rings is 2. The van der Waals surface area contributed by atoms with E-state index in [0.29, 0.717) is 40.7 Å². The zero-order chi connectivity index (χ0) is 27.9. The van der Waals surface area contributed by atoms with Gasteiger partial charge in [0.05, 0.1) is 29.0 Å². The lowest BCUT2D eigenvalue weighted by atomic mass is 9.67. The number of ether oxygens (including phenoxy) is 1. The number of piperidine rings is 1. The van der Waals surface area contributed by atoms with Crippen molar-refractivity contribution in [1.82, 2.24) is 4.31 Å². The number of methoxy groups -OCH3 is 1. The monoisotopic (exact) mass is 555 g/mol. The van der Waals surface area contributed by atoms with Gasteiger partial charge in [0.1, 0.15) is 17.0 Å². The third-order valence-electron chi connectivity index (χ3n) is 6.56. The van der Waals surface area contributed by atoms with Crippen LogP contribution in [0.5, 0.6) is 0 Å². The van der Waals surface area contributed by atoms with Crippen LogP contribution in [0.2, 0.25) is 0 Å². The molecule has 0 amide bonds. The minimum atomic E-state index is -4.99. The first-order chi connectivity index (χ1) is 17.8. The molecule has 1 saturated heterocycles. The molecule has 1 aliphatic heterocycles. The third kappa shape index (κ3) is 4.95. The molecule has 0 aromatic heterocycles. The summed E-state index contributed by atoms with van der Waals surface area (Å²) in [5, 5.41) is 0. The number of fused-ring (bicyclic) bond motifs is 1. The van der Waals surface area contributed by atoms with Crippen LogP contribution in [0.15, 0.2) is 75.8 Å². The maximum atomic E-state index is 14.2. The van der Waals surface area contributed by atoms with Crippen molar-refractivity contribution in [3.05, 3.63) is 83.1 Å². The number of allylic oxidation sites excluding steroid dienone is 2. The van der Waals surface area contributed by atoms with Crippen LogP contribution in [0.3, 0.4) is 0 Å². The van der Waals surface area contributed by atoms with Gasteiger partial charge in [-0.2, -0.15) is 17.5 Å². The molecule has 2 aromatic rings. The molecule has 202 valence electrons. The normalized spacial score (nSPS) is 22.7. The summed E-state index contributed by atoms with van der Waals surface area (Å²) in [4.78, 5) is 16.9.